The number of nitrogens with zero attached hydrogens (tertiary/aromatic N) is 2. The molecule has 5 nitrogen and oxygen atoms in total. The number of rotatable bonds is 7. The van der Waals surface area contributed by atoms with Crippen LogP contribution in [0.5, 0.6) is 0 Å². The molecule has 0 radical (unpaired) electrons. The van der Waals surface area contributed by atoms with Crippen LogP contribution in [-0.2, 0) is 14.8 Å². The second-order valence-corrected chi connectivity index (χ2v) is 8.06. The molecule has 1 fully saturated rings. The van der Waals surface area contributed by atoms with Gasteiger partial charge in [0.25, 0.3) is 10.0 Å². The number of fused-ring (bicyclic) bond motifs is 1. The van der Waals surface area contributed by atoms with Gasteiger partial charge in [-0.05, 0) is 22.9 Å². The normalized spacial score (nSPS) is 16.2. The van der Waals surface area contributed by atoms with Crippen molar-refractivity contribution in [3.8, 4) is 0 Å². The van der Waals surface area contributed by atoms with Crippen LogP contribution in [0.15, 0.2) is 72.3 Å². The predicted octanol–water partition coefficient (Wildman–Crippen LogP) is 2.86. The molecular formula is C20H24N2O3S. The molecule has 1 aliphatic heterocycles. The molecule has 2 aromatic rings. The molecule has 0 atom stereocenters. The first-order chi connectivity index (χ1) is 12.6. The molecule has 0 bridgehead atoms. The lowest BCUT2D eigenvalue weighted by molar-refractivity contribution is 0.0433. The number of hydrogen-bond acceptors (Lipinski definition) is 4. The minimum atomic E-state index is -3.63. The first kappa shape index (κ1) is 18.6. The first-order valence-corrected chi connectivity index (χ1v) is 10.1. The molecule has 0 aliphatic carbocycles. The van der Waals surface area contributed by atoms with E-state index in [0.717, 1.165) is 37.1 Å². The van der Waals surface area contributed by atoms with Crippen molar-refractivity contribution in [3.63, 3.8) is 0 Å². The van der Waals surface area contributed by atoms with E-state index in [1.165, 1.54) is 4.31 Å². The minimum Gasteiger partial charge on any atom is -0.379 e. The van der Waals surface area contributed by atoms with Crippen LogP contribution in [0, 0.1) is 0 Å². The maximum Gasteiger partial charge on any atom is 0.264 e. The molecule has 0 aromatic heterocycles. The van der Waals surface area contributed by atoms with Crippen molar-refractivity contribution in [2.75, 3.05) is 39.4 Å². The maximum atomic E-state index is 13.0. The Kier molecular flexibility index (Phi) is 6.08. The Bertz CT molecular complexity index is 887. The minimum absolute atomic E-state index is 0.231. The SMILES string of the molecule is C=CCN(/C=C/CN1CCOCC1)S(=O)(=O)c1ccc2ccccc2c1. The van der Waals surface area contributed by atoms with Crippen molar-refractivity contribution in [2.45, 2.75) is 4.90 Å². The van der Waals surface area contributed by atoms with Crippen molar-refractivity contribution in [1.29, 1.82) is 0 Å². The predicted molar refractivity (Wildman–Crippen MR) is 104 cm³/mol. The smallest absolute Gasteiger partial charge is 0.264 e. The zero-order chi connectivity index (χ0) is 18.4. The Labute approximate surface area is 155 Å². The second kappa shape index (κ2) is 8.49. The summed E-state index contributed by atoms with van der Waals surface area (Å²) in [6, 6.07) is 12.9. The third-order valence-electron chi connectivity index (χ3n) is 4.38. The highest BCUT2D eigenvalue weighted by Gasteiger charge is 2.21. The van der Waals surface area contributed by atoms with E-state index in [9.17, 15) is 8.42 Å². The van der Waals surface area contributed by atoms with Gasteiger partial charge in [-0.15, -0.1) is 6.58 Å². The lowest BCUT2D eigenvalue weighted by Gasteiger charge is -2.25. The second-order valence-electron chi connectivity index (χ2n) is 6.17. The summed E-state index contributed by atoms with van der Waals surface area (Å²) in [5.41, 5.74) is 0. The van der Waals surface area contributed by atoms with Crippen LogP contribution in [0.3, 0.4) is 0 Å². The van der Waals surface area contributed by atoms with Gasteiger partial charge < -0.3 is 4.74 Å². The van der Waals surface area contributed by atoms with Gasteiger partial charge in [0.2, 0.25) is 0 Å². The van der Waals surface area contributed by atoms with E-state index < -0.39 is 10.0 Å². The van der Waals surface area contributed by atoms with Crippen LogP contribution in [0.4, 0.5) is 0 Å². The van der Waals surface area contributed by atoms with Gasteiger partial charge in [0.1, 0.15) is 0 Å². The van der Waals surface area contributed by atoms with E-state index in [1.807, 2.05) is 36.4 Å². The summed E-state index contributed by atoms with van der Waals surface area (Å²) in [7, 11) is -3.63. The Morgan fingerprint density at radius 3 is 2.58 bits per heavy atom. The molecule has 1 aliphatic rings. The molecule has 0 unspecified atom stereocenters. The quantitative estimate of drug-likeness (QED) is 0.702. The largest absolute Gasteiger partial charge is 0.379 e. The number of morpholine rings is 1. The molecule has 1 heterocycles. The Balaban J connectivity index is 1.80. The maximum absolute atomic E-state index is 13.0. The number of hydrogen-bond donors (Lipinski definition) is 0. The zero-order valence-corrected chi connectivity index (χ0v) is 15.6. The molecule has 0 amide bonds. The summed E-state index contributed by atoms with van der Waals surface area (Å²) in [6.07, 6.45) is 5.12. The fourth-order valence-electron chi connectivity index (χ4n) is 2.93. The van der Waals surface area contributed by atoms with Gasteiger partial charge in [-0.1, -0.05) is 42.5 Å². The fourth-order valence-corrected chi connectivity index (χ4v) is 4.26. The van der Waals surface area contributed by atoms with E-state index in [-0.39, 0.29) is 11.4 Å². The molecule has 3 rings (SSSR count). The highest BCUT2D eigenvalue weighted by Crippen LogP contribution is 2.22. The van der Waals surface area contributed by atoms with Gasteiger partial charge in [-0.25, -0.2) is 8.42 Å². The van der Waals surface area contributed by atoms with E-state index in [2.05, 4.69) is 11.5 Å². The van der Waals surface area contributed by atoms with Gasteiger partial charge in [0, 0.05) is 25.8 Å². The summed E-state index contributed by atoms with van der Waals surface area (Å²) in [4.78, 5) is 2.52. The number of sulfonamides is 1. The third-order valence-corrected chi connectivity index (χ3v) is 6.11. The van der Waals surface area contributed by atoms with E-state index in [4.69, 9.17) is 4.74 Å². The zero-order valence-electron chi connectivity index (χ0n) is 14.8. The summed E-state index contributed by atoms with van der Waals surface area (Å²) in [5, 5.41) is 1.93. The highest BCUT2D eigenvalue weighted by molar-refractivity contribution is 7.89. The first-order valence-electron chi connectivity index (χ1n) is 8.69. The molecule has 138 valence electrons. The average Bonchev–Trinajstić information content (AvgIpc) is 2.67. The van der Waals surface area contributed by atoms with Crippen LogP contribution in [0.1, 0.15) is 0 Å². The lowest BCUT2D eigenvalue weighted by atomic mass is 10.1. The van der Waals surface area contributed by atoms with Crippen LogP contribution in [0.25, 0.3) is 10.8 Å². The molecule has 2 aromatic carbocycles. The summed E-state index contributed by atoms with van der Waals surface area (Å²) in [6.45, 7) is 7.79. The Hall–Kier alpha value is -2.15. The van der Waals surface area contributed by atoms with Crippen LogP contribution >= 0.6 is 0 Å². The van der Waals surface area contributed by atoms with E-state index in [0.29, 0.717) is 6.54 Å². The monoisotopic (exact) mass is 372 g/mol. The summed E-state index contributed by atoms with van der Waals surface area (Å²) >= 11 is 0. The average molecular weight is 372 g/mol. The molecule has 0 spiro atoms. The van der Waals surface area contributed by atoms with Gasteiger partial charge in [0.05, 0.1) is 24.7 Å². The Morgan fingerprint density at radius 1 is 1.12 bits per heavy atom. The molecule has 0 N–H and O–H groups in total. The Morgan fingerprint density at radius 2 is 1.85 bits per heavy atom. The standard InChI is InChI=1S/C20H24N2O3S/c1-2-10-22(12-5-11-21-13-15-25-16-14-21)26(23,24)20-9-8-18-6-3-4-7-19(18)17-20/h2-9,12,17H,1,10-11,13-16H2/b12-5+. The van der Waals surface area contributed by atoms with Crippen molar-refractivity contribution in [2.24, 2.45) is 0 Å². The molecule has 0 saturated carbocycles. The van der Waals surface area contributed by atoms with E-state index >= 15 is 0 Å². The molecular weight excluding hydrogens is 348 g/mol. The van der Waals surface area contributed by atoms with Crippen LogP contribution < -0.4 is 0 Å². The fraction of sp³-hybridized carbons (Fsp3) is 0.300. The third kappa shape index (κ3) is 4.33. The van der Waals surface area contributed by atoms with Crippen molar-refractivity contribution in [3.05, 3.63) is 67.4 Å². The van der Waals surface area contributed by atoms with Crippen molar-refractivity contribution < 1.29 is 13.2 Å². The lowest BCUT2D eigenvalue weighted by Crippen LogP contribution is -2.36. The van der Waals surface area contributed by atoms with Crippen molar-refractivity contribution in [1.82, 2.24) is 9.21 Å². The summed E-state index contributed by atoms with van der Waals surface area (Å²) in [5.74, 6) is 0. The van der Waals surface area contributed by atoms with E-state index in [1.54, 1.807) is 24.4 Å². The number of ether oxygens (including phenoxy) is 1. The number of benzene rings is 2. The molecule has 1 saturated heterocycles. The molecule has 6 heteroatoms. The van der Waals surface area contributed by atoms with Gasteiger partial charge >= 0.3 is 0 Å². The van der Waals surface area contributed by atoms with Gasteiger partial charge in [-0.2, -0.15) is 0 Å². The van der Waals surface area contributed by atoms with Crippen molar-refractivity contribution >= 4 is 20.8 Å². The molecule has 26 heavy (non-hydrogen) atoms. The van der Waals surface area contributed by atoms with Crippen LogP contribution in [0.2, 0.25) is 0 Å². The highest BCUT2D eigenvalue weighted by atomic mass is 32.2. The summed E-state index contributed by atoms with van der Waals surface area (Å²) < 4.78 is 32.7. The van der Waals surface area contributed by atoms with Gasteiger partial charge in [-0.3, -0.25) is 9.21 Å². The topological polar surface area (TPSA) is 49.9 Å². The van der Waals surface area contributed by atoms with Crippen LogP contribution in [-0.4, -0.2) is 57.0 Å². The van der Waals surface area contributed by atoms with Gasteiger partial charge in [0.15, 0.2) is 0 Å².